The second kappa shape index (κ2) is 5.57. The van der Waals surface area contributed by atoms with Gasteiger partial charge in [-0.3, -0.25) is 0 Å². The number of carboxylic acids is 1. The molecule has 22 heavy (non-hydrogen) atoms. The number of nitrogens with zero attached hydrogens (tertiary/aromatic N) is 4. The monoisotopic (exact) mass is 296 g/mol. The van der Waals surface area contributed by atoms with Gasteiger partial charge < -0.3 is 10.0 Å². The van der Waals surface area contributed by atoms with Crippen LogP contribution in [0.4, 0.5) is 0 Å². The van der Waals surface area contributed by atoms with Crippen molar-refractivity contribution < 1.29 is 9.90 Å². The minimum atomic E-state index is -1.06. The van der Waals surface area contributed by atoms with Crippen LogP contribution in [-0.4, -0.2) is 44.7 Å². The molecule has 0 spiro atoms. The number of fused-ring (bicyclic) bond motifs is 1. The Labute approximate surface area is 127 Å². The van der Waals surface area contributed by atoms with Gasteiger partial charge in [0.15, 0.2) is 11.3 Å². The molecule has 0 saturated heterocycles. The van der Waals surface area contributed by atoms with Crippen LogP contribution < -0.4 is 0 Å². The first kappa shape index (κ1) is 14.2. The van der Waals surface area contributed by atoms with Crippen LogP contribution in [0.15, 0.2) is 42.7 Å². The number of hydrogen-bond acceptors (Lipinski definition) is 4. The van der Waals surface area contributed by atoms with Crippen molar-refractivity contribution in [1.29, 1.82) is 0 Å². The molecule has 6 nitrogen and oxygen atoms in total. The van der Waals surface area contributed by atoms with Gasteiger partial charge in [-0.25, -0.2) is 14.3 Å². The Bertz CT molecular complexity index is 822. The van der Waals surface area contributed by atoms with Crippen LogP contribution in [-0.2, 0) is 6.54 Å². The lowest BCUT2D eigenvalue weighted by Gasteiger charge is -2.10. The van der Waals surface area contributed by atoms with Crippen LogP contribution in [0.25, 0.3) is 16.8 Å². The van der Waals surface area contributed by atoms with Crippen LogP contribution >= 0.6 is 0 Å². The SMILES string of the molecule is CN(C)Cc1ccc(-c2cnc3cc(C(=O)O)nn3c2)cc1. The molecule has 1 aromatic carbocycles. The van der Waals surface area contributed by atoms with Gasteiger partial charge in [0.25, 0.3) is 0 Å². The first-order valence-corrected chi connectivity index (χ1v) is 6.86. The predicted molar refractivity (Wildman–Crippen MR) is 82.8 cm³/mol. The first-order valence-electron chi connectivity index (χ1n) is 6.86. The molecule has 0 aliphatic rings. The number of rotatable bonds is 4. The molecule has 112 valence electrons. The third kappa shape index (κ3) is 2.82. The number of aromatic nitrogens is 3. The molecule has 0 radical (unpaired) electrons. The molecule has 0 bridgehead atoms. The van der Waals surface area contributed by atoms with E-state index in [2.05, 4.69) is 27.1 Å². The van der Waals surface area contributed by atoms with Gasteiger partial charge in [-0.05, 0) is 25.2 Å². The quantitative estimate of drug-likeness (QED) is 0.799. The maximum atomic E-state index is 10.9. The van der Waals surface area contributed by atoms with Gasteiger partial charge in [0.05, 0.1) is 0 Å². The summed E-state index contributed by atoms with van der Waals surface area (Å²) in [5, 5.41) is 13.0. The highest BCUT2D eigenvalue weighted by molar-refractivity contribution is 5.86. The zero-order chi connectivity index (χ0) is 15.7. The van der Waals surface area contributed by atoms with E-state index in [-0.39, 0.29) is 5.69 Å². The average Bonchev–Trinajstić information content (AvgIpc) is 2.90. The number of benzene rings is 1. The molecular weight excluding hydrogens is 280 g/mol. The first-order chi connectivity index (χ1) is 10.5. The lowest BCUT2D eigenvalue weighted by Crippen LogP contribution is -2.10. The zero-order valence-electron chi connectivity index (χ0n) is 12.4. The van der Waals surface area contributed by atoms with E-state index >= 15 is 0 Å². The van der Waals surface area contributed by atoms with Crippen LogP contribution in [0.1, 0.15) is 16.1 Å². The van der Waals surface area contributed by atoms with E-state index in [0.717, 1.165) is 17.7 Å². The molecule has 0 fully saturated rings. The standard InChI is InChI=1S/C16H16N4O2/c1-19(2)9-11-3-5-12(6-4-11)13-8-17-15-7-14(16(21)22)18-20(15)10-13/h3-8,10H,9H2,1-2H3,(H,21,22). The van der Waals surface area contributed by atoms with Gasteiger partial charge in [-0.1, -0.05) is 24.3 Å². The van der Waals surface area contributed by atoms with E-state index in [0.29, 0.717) is 5.65 Å². The highest BCUT2D eigenvalue weighted by Crippen LogP contribution is 2.20. The third-order valence-electron chi connectivity index (χ3n) is 3.32. The average molecular weight is 296 g/mol. The van der Waals surface area contributed by atoms with Gasteiger partial charge in [0, 0.05) is 30.6 Å². The molecule has 6 heteroatoms. The summed E-state index contributed by atoms with van der Waals surface area (Å²) >= 11 is 0. The van der Waals surface area contributed by atoms with E-state index in [9.17, 15) is 4.79 Å². The zero-order valence-corrected chi connectivity index (χ0v) is 12.4. The van der Waals surface area contributed by atoms with Crippen molar-refractivity contribution in [3.8, 4) is 11.1 Å². The minimum Gasteiger partial charge on any atom is -0.476 e. The van der Waals surface area contributed by atoms with Crippen molar-refractivity contribution in [2.75, 3.05) is 14.1 Å². The number of hydrogen-bond donors (Lipinski definition) is 1. The van der Waals surface area contributed by atoms with Crippen molar-refractivity contribution in [1.82, 2.24) is 19.5 Å². The Balaban J connectivity index is 1.94. The molecule has 2 aromatic heterocycles. The number of carbonyl (C=O) groups is 1. The molecule has 2 heterocycles. The lowest BCUT2D eigenvalue weighted by atomic mass is 10.1. The molecule has 3 aromatic rings. The van der Waals surface area contributed by atoms with Crippen LogP contribution in [0.5, 0.6) is 0 Å². The second-order valence-corrected chi connectivity index (χ2v) is 5.41. The molecule has 3 rings (SSSR count). The van der Waals surface area contributed by atoms with E-state index in [4.69, 9.17) is 5.11 Å². The molecule has 0 saturated carbocycles. The molecule has 0 aliphatic heterocycles. The normalized spacial score (nSPS) is 11.2. The van der Waals surface area contributed by atoms with Gasteiger partial charge in [0.2, 0.25) is 0 Å². The summed E-state index contributed by atoms with van der Waals surface area (Å²) in [5.41, 5.74) is 3.65. The van der Waals surface area contributed by atoms with E-state index in [1.165, 1.54) is 16.1 Å². The molecule has 1 N–H and O–H groups in total. The summed E-state index contributed by atoms with van der Waals surface area (Å²) in [5.74, 6) is -1.06. The Hall–Kier alpha value is -2.73. The second-order valence-electron chi connectivity index (χ2n) is 5.41. The van der Waals surface area contributed by atoms with Gasteiger partial charge in [-0.15, -0.1) is 0 Å². The third-order valence-corrected chi connectivity index (χ3v) is 3.32. The largest absolute Gasteiger partial charge is 0.476 e. The van der Waals surface area contributed by atoms with Crippen molar-refractivity contribution in [2.24, 2.45) is 0 Å². The topological polar surface area (TPSA) is 70.7 Å². The van der Waals surface area contributed by atoms with Crippen LogP contribution in [0.2, 0.25) is 0 Å². The maximum Gasteiger partial charge on any atom is 0.356 e. The number of carboxylic acid groups (broad SMARTS) is 1. The molecule has 0 aliphatic carbocycles. The van der Waals surface area contributed by atoms with Crippen LogP contribution in [0, 0.1) is 0 Å². The predicted octanol–water partition coefficient (Wildman–Crippen LogP) is 2.16. The summed E-state index contributed by atoms with van der Waals surface area (Å²) in [6.07, 6.45) is 3.51. The fourth-order valence-electron chi connectivity index (χ4n) is 2.30. The van der Waals surface area contributed by atoms with Gasteiger partial charge in [0.1, 0.15) is 0 Å². The Morgan fingerprint density at radius 2 is 1.95 bits per heavy atom. The molecule has 0 atom stereocenters. The Morgan fingerprint density at radius 1 is 1.23 bits per heavy atom. The Morgan fingerprint density at radius 3 is 2.59 bits per heavy atom. The summed E-state index contributed by atoms with van der Waals surface area (Å²) in [6, 6.07) is 9.66. The summed E-state index contributed by atoms with van der Waals surface area (Å²) in [7, 11) is 4.06. The van der Waals surface area contributed by atoms with E-state index in [1.807, 2.05) is 26.2 Å². The van der Waals surface area contributed by atoms with Crippen molar-refractivity contribution >= 4 is 11.6 Å². The Kier molecular flexibility index (Phi) is 3.60. The van der Waals surface area contributed by atoms with Crippen molar-refractivity contribution in [2.45, 2.75) is 6.54 Å². The molecule has 0 unspecified atom stereocenters. The maximum absolute atomic E-state index is 10.9. The highest BCUT2D eigenvalue weighted by atomic mass is 16.4. The van der Waals surface area contributed by atoms with Crippen molar-refractivity contribution in [3.05, 3.63) is 54.0 Å². The molecule has 0 amide bonds. The fraction of sp³-hybridized carbons (Fsp3) is 0.188. The van der Waals surface area contributed by atoms with Crippen molar-refractivity contribution in [3.63, 3.8) is 0 Å². The highest BCUT2D eigenvalue weighted by Gasteiger charge is 2.10. The van der Waals surface area contributed by atoms with Gasteiger partial charge in [-0.2, -0.15) is 5.10 Å². The summed E-state index contributed by atoms with van der Waals surface area (Å²) in [6.45, 7) is 0.888. The summed E-state index contributed by atoms with van der Waals surface area (Å²) in [4.78, 5) is 17.3. The number of aromatic carboxylic acids is 1. The molecular formula is C16H16N4O2. The van der Waals surface area contributed by atoms with Gasteiger partial charge >= 0.3 is 5.97 Å². The lowest BCUT2D eigenvalue weighted by molar-refractivity contribution is 0.0690. The van der Waals surface area contributed by atoms with Crippen LogP contribution in [0.3, 0.4) is 0 Å². The van der Waals surface area contributed by atoms with E-state index in [1.54, 1.807) is 12.4 Å². The summed E-state index contributed by atoms with van der Waals surface area (Å²) < 4.78 is 1.49. The minimum absolute atomic E-state index is 0.00835. The fourth-order valence-corrected chi connectivity index (χ4v) is 2.30. The van der Waals surface area contributed by atoms with E-state index < -0.39 is 5.97 Å². The smallest absolute Gasteiger partial charge is 0.356 e.